The smallest absolute Gasteiger partial charge is 0.222 e. The van der Waals surface area contributed by atoms with Gasteiger partial charge >= 0.3 is 0 Å². The van der Waals surface area contributed by atoms with Crippen LogP contribution in [0.1, 0.15) is 62.4 Å². The lowest BCUT2D eigenvalue weighted by molar-refractivity contribution is -0.131. The van der Waals surface area contributed by atoms with E-state index in [0.29, 0.717) is 24.8 Å². The molecular weight excluding hydrogens is 314 g/mol. The zero-order valence-corrected chi connectivity index (χ0v) is 15.6. The van der Waals surface area contributed by atoms with E-state index in [2.05, 4.69) is 15.6 Å². The number of piperidine rings is 1. The van der Waals surface area contributed by atoms with E-state index in [4.69, 9.17) is 4.98 Å². The van der Waals surface area contributed by atoms with E-state index in [1.807, 2.05) is 25.1 Å². The van der Waals surface area contributed by atoms with Gasteiger partial charge in [-0.25, -0.2) is 9.97 Å². The second-order valence-corrected chi connectivity index (χ2v) is 7.50. The fourth-order valence-corrected chi connectivity index (χ4v) is 3.93. The predicted molar refractivity (Wildman–Crippen MR) is 99.5 cm³/mol. The van der Waals surface area contributed by atoms with Gasteiger partial charge in [0.1, 0.15) is 11.6 Å². The van der Waals surface area contributed by atoms with Crippen molar-refractivity contribution in [1.29, 1.82) is 0 Å². The lowest BCUT2D eigenvalue weighted by Gasteiger charge is -2.23. The maximum Gasteiger partial charge on any atom is 0.222 e. The first kappa shape index (κ1) is 18.1. The number of aromatic nitrogens is 2. The average molecular weight is 345 g/mol. The highest BCUT2D eigenvalue weighted by Gasteiger charge is 2.22. The number of amides is 1. The Labute approximate surface area is 150 Å². The molecule has 2 aliphatic rings. The first-order chi connectivity index (χ1) is 12.2. The van der Waals surface area contributed by atoms with Crippen LogP contribution in [0.4, 0.5) is 5.82 Å². The molecule has 2 heterocycles. The second-order valence-electron chi connectivity index (χ2n) is 7.50. The van der Waals surface area contributed by atoms with Crippen molar-refractivity contribution in [2.24, 2.45) is 5.92 Å². The van der Waals surface area contributed by atoms with E-state index in [0.717, 1.165) is 43.3 Å². The van der Waals surface area contributed by atoms with Crippen molar-refractivity contribution >= 4 is 11.7 Å². The van der Waals surface area contributed by atoms with Crippen molar-refractivity contribution < 1.29 is 4.79 Å². The molecule has 1 aromatic heterocycles. The highest BCUT2D eigenvalue weighted by Crippen LogP contribution is 2.28. The van der Waals surface area contributed by atoms with Crippen molar-refractivity contribution in [3.63, 3.8) is 0 Å². The third kappa shape index (κ3) is 4.91. The number of anilines is 1. The fourth-order valence-electron chi connectivity index (χ4n) is 3.93. The standard InChI is InChI=1S/C19H31N5O/c1-20-17-11-16(22-19(23-17)15-8-5-9-21-12-15)13-24(2)18(25)10-14-6-3-4-7-14/h11,14-15,21H,3-10,12-13H2,1-2H3,(H,20,22,23). The third-order valence-electron chi connectivity index (χ3n) is 5.48. The Balaban J connectivity index is 1.66. The highest BCUT2D eigenvalue weighted by molar-refractivity contribution is 5.76. The normalized spacial score (nSPS) is 21.3. The average Bonchev–Trinajstić information content (AvgIpc) is 3.15. The third-order valence-corrected chi connectivity index (χ3v) is 5.48. The number of carbonyl (C=O) groups excluding carboxylic acids is 1. The van der Waals surface area contributed by atoms with Crippen LogP contribution in [0.15, 0.2) is 6.07 Å². The Hall–Kier alpha value is -1.69. The van der Waals surface area contributed by atoms with Gasteiger partial charge in [0.05, 0.1) is 12.2 Å². The molecule has 1 amide bonds. The summed E-state index contributed by atoms with van der Waals surface area (Å²) in [6, 6.07) is 1.96. The number of carbonyl (C=O) groups is 1. The first-order valence-electron chi connectivity index (χ1n) is 9.66. The zero-order chi connectivity index (χ0) is 17.6. The maximum atomic E-state index is 12.5. The summed E-state index contributed by atoms with van der Waals surface area (Å²) < 4.78 is 0. The molecule has 0 spiro atoms. The molecule has 1 atom stereocenters. The van der Waals surface area contributed by atoms with Crippen LogP contribution >= 0.6 is 0 Å². The molecule has 138 valence electrons. The Morgan fingerprint density at radius 1 is 1.28 bits per heavy atom. The van der Waals surface area contributed by atoms with Gasteiger partial charge in [0, 0.05) is 39.0 Å². The molecule has 2 fully saturated rings. The van der Waals surface area contributed by atoms with Crippen LogP contribution in [-0.4, -0.2) is 48.0 Å². The molecule has 6 heteroatoms. The maximum absolute atomic E-state index is 12.5. The van der Waals surface area contributed by atoms with Crippen LogP contribution in [-0.2, 0) is 11.3 Å². The van der Waals surface area contributed by atoms with Crippen LogP contribution in [0.25, 0.3) is 0 Å². The molecule has 2 N–H and O–H groups in total. The summed E-state index contributed by atoms with van der Waals surface area (Å²) in [4.78, 5) is 23.7. The molecule has 0 radical (unpaired) electrons. The topological polar surface area (TPSA) is 70.2 Å². The van der Waals surface area contributed by atoms with E-state index in [9.17, 15) is 4.79 Å². The largest absolute Gasteiger partial charge is 0.373 e. The highest BCUT2D eigenvalue weighted by atomic mass is 16.2. The number of nitrogens with zero attached hydrogens (tertiary/aromatic N) is 3. The number of hydrogen-bond donors (Lipinski definition) is 2. The van der Waals surface area contributed by atoms with Crippen molar-refractivity contribution in [2.75, 3.05) is 32.5 Å². The second kappa shape index (κ2) is 8.61. The predicted octanol–water partition coefficient (Wildman–Crippen LogP) is 2.52. The van der Waals surface area contributed by atoms with E-state index in [1.54, 1.807) is 0 Å². The fraction of sp³-hybridized carbons (Fsp3) is 0.737. The summed E-state index contributed by atoms with van der Waals surface area (Å²) in [6.07, 6.45) is 7.92. The Morgan fingerprint density at radius 3 is 2.76 bits per heavy atom. The van der Waals surface area contributed by atoms with Gasteiger partial charge in [-0.15, -0.1) is 0 Å². The van der Waals surface area contributed by atoms with E-state index >= 15 is 0 Å². The lowest BCUT2D eigenvalue weighted by Crippen LogP contribution is -2.31. The minimum Gasteiger partial charge on any atom is -0.373 e. The molecule has 1 saturated heterocycles. The van der Waals surface area contributed by atoms with Gasteiger partial charge in [-0.05, 0) is 38.1 Å². The quantitative estimate of drug-likeness (QED) is 0.829. The van der Waals surface area contributed by atoms with Crippen molar-refractivity contribution in [2.45, 2.75) is 57.4 Å². The summed E-state index contributed by atoms with van der Waals surface area (Å²) in [5.41, 5.74) is 0.919. The molecule has 1 aromatic rings. The van der Waals surface area contributed by atoms with E-state index < -0.39 is 0 Å². The Morgan fingerprint density at radius 2 is 2.08 bits per heavy atom. The van der Waals surface area contributed by atoms with Gasteiger partial charge in [0.25, 0.3) is 0 Å². The Kier molecular flexibility index (Phi) is 6.24. The van der Waals surface area contributed by atoms with Crippen LogP contribution < -0.4 is 10.6 Å². The van der Waals surface area contributed by atoms with Crippen LogP contribution in [0, 0.1) is 5.92 Å². The minimum atomic E-state index is 0.234. The van der Waals surface area contributed by atoms with Gasteiger partial charge in [-0.1, -0.05) is 12.8 Å². The van der Waals surface area contributed by atoms with Gasteiger partial charge < -0.3 is 15.5 Å². The molecule has 1 unspecified atom stereocenters. The molecule has 3 rings (SSSR count). The zero-order valence-electron chi connectivity index (χ0n) is 15.6. The molecule has 1 aliphatic carbocycles. The van der Waals surface area contributed by atoms with Crippen molar-refractivity contribution in [3.8, 4) is 0 Å². The number of hydrogen-bond acceptors (Lipinski definition) is 5. The molecule has 0 bridgehead atoms. The number of nitrogens with one attached hydrogen (secondary N) is 2. The summed E-state index contributed by atoms with van der Waals surface area (Å²) in [7, 11) is 3.77. The molecule has 0 aromatic carbocycles. The molecule has 25 heavy (non-hydrogen) atoms. The van der Waals surface area contributed by atoms with Gasteiger partial charge in [-0.2, -0.15) is 0 Å². The minimum absolute atomic E-state index is 0.234. The SMILES string of the molecule is CNc1cc(CN(C)C(=O)CC2CCCC2)nc(C2CCCNC2)n1. The molecule has 1 aliphatic heterocycles. The van der Waals surface area contributed by atoms with Crippen LogP contribution in [0.5, 0.6) is 0 Å². The van der Waals surface area contributed by atoms with Gasteiger partial charge in [-0.3, -0.25) is 4.79 Å². The summed E-state index contributed by atoms with van der Waals surface area (Å²) in [5, 5.41) is 6.56. The van der Waals surface area contributed by atoms with Crippen LogP contribution in [0.2, 0.25) is 0 Å². The van der Waals surface area contributed by atoms with E-state index in [1.165, 1.54) is 25.7 Å². The van der Waals surface area contributed by atoms with E-state index in [-0.39, 0.29) is 5.91 Å². The van der Waals surface area contributed by atoms with Gasteiger partial charge in [0.2, 0.25) is 5.91 Å². The first-order valence-corrected chi connectivity index (χ1v) is 9.66. The monoisotopic (exact) mass is 345 g/mol. The Bertz CT molecular complexity index is 579. The van der Waals surface area contributed by atoms with Crippen molar-refractivity contribution in [3.05, 3.63) is 17.6 Å². The summed E-state index contributed by atoms with van der Waals surface area (Å²) >= 11 is 0. The summed E-state index contributed by atoms with van der Waals surface area (Å²) in [5.74, 6) is 2.91. The molecule has 6 nitrogen and oxygen atoms in total. The molecule has 1 saturated carbocycles. The lowest BCUT2D eigenvalue weighted by atomic mass is 9.99. The number of rotatable bonds is 6. The summed E-state index contributed by atoms with van der Waals surface area (Å²) in [6.45, 7) is 2.56. The van der Waals surface area contributed by atoms with Crippen molar-refractivity contribution in [1.82, 2.24) is 20.2 Å². The molecular formula is C19H31N5O. The van der Waals surface area contributed by atoms with Crippen LogP contribution in [0.3, 0.4) is 0 Å². The van der Waals surface area contributed by atoms with Gasteiger partial charge in [0.15, 0.2) is 0 Å².